The van der Waals surface area contributed by atoms with Gasteiger partial charge < -0.3 is 10.1 Å². The molecule has 0 saturated heterocycles. The molecule has 35 heavy (non-hydrogen) atoms. The molecule has 1 saturated carbocycles. The second-order valence-corrected chi connectivity index (χ2v) is 10.3. The number of rotatable bonds is 6. The second kappa shape index (κ2) is 9.62. The van der Waals surface area contributed by atoms with E-state index in [9.17, 15) is 9.59 Å². The van der Waals surface area contributed by atoms with Crippen molar-refractivity contribution < 1.29 is 9.53 Å². The lowest BCUT2D eigenvalue weighted by molar-refractivity contribution is 0.0894. The van der Waals surface area contributed by atoms with Gasteiger partial charge in [0.2, 0.25) is 0 Å². The predicted molar refractivity (Wildman–Crippen MR) is 137 cm³/mol. The number of amides is 1. The van der Waals surface area contributed by atoms with Gasteiger partial charge in [-0.2, -0.15) is 5.10 Å². The molecule has 180 valence electrons. The normalized spacial score (nSPS) is 20.0. The molecule has 0 aliphatic heterocycles. The summed E-state index contributed by atoms with van der Waals surface area (Å²) in [5.74, 6) is 0.567. The number of nitrogens with zero attached hydrogens (tertiary/aromatic N) is 2. The highest BCUT2D eigenvalue weighted by Gasteiger charge is 2.41. The highest BCUT2D eigenvalue weighted by atomic mass is 32.1. The van der Waals surface area contributed by atoms with Crippen LogP contribution in [0, 0.1) is 6.92 Å². The van der Waals surface area contributed by atoms with E-state index in [0.717, 1.165) is 64.2 Å². The number of aryl methyl sites for hydroxylation is 1. The Labute approximate surface area is 207 Å². The highest BCUT2D eigenvalue weighted by Crippen LogP contribution is 2.39. The van der Waals surface area contributed by atoms with E-state index >= 15 is 0 Å². The molecule has 2 aromatic carbocycles. The third kappa shape index (κ3) is 4.84. The Hall–Kier alpha value is -3.52. The van der Waals surface area contributed by atoms with Crippen molar-refractivity contribution in [2.45, 2.75) is 57.6 Å². The Bertz CT molecular complexity index is 1410. The van der Waals surface area contributed by atoms with E-state index in [4.69, 9.17) is 4.74 Å². The lowest BCUT2D eigenvalue weighted by Crippen LogP contribution is -2.50. The van der Waals surface area contributed by atoms with Gasteiger partial charge in [-0.25, -0.2) is 5.10 Å². The first-order valence-corrected chi connectivity index (χ1v) is 12.7. The van der Waals surface area contributed by atoms with E-state index in [0.29, 0.717) is 17.9 Å². The minimum atomic E-state index is -0.355. The van der Waals surface area contributed by atoms with Crippen molar-refractivity contribution in [2.75, 3.05) is 0 Å². The fraction of sp³-hybridized carbons (Fsp3) is 0.333. The van der Waals surface area contributed by atoms with Gasteiger partial charge in [0, 0.05) is 33.7 Å². The molecule has 0 bridgehead atoms. The quantitative estimate of drug-likeness (QED) is 0.402. The van der Waals surface area contributed by atoms with Gasteiger partial charge >= 0.3 is 4.87 Å². The number of H-pyrrole nitrogens is 1. The molecule has 2 heterocycles. The molecule has 4 aromatic rings. The minimum Gasteiger partial charge on any atom is -0.489 e. The molecule has 1 aliphatic rings. The number of hydrogen-bond donors (Lipinski definition) is 2. The Kier molecular flexibility index (Phi) is 6.38. The zero-order chi connectivity index (χ0) is 24.4. The van der Waals surface area contributed by atoms with Gasteiger partial charge in [-0.3, -0.25) is 14.6 Å². The predicted octanol–water partition coefficient (Wildman–Crippen LogP) is 4.90. The summed E-state index contributed by atoms with van der Waals surface area (Å²) in [4.78, 5) is 29.2. The maximum atomic E-state index is 13.1. The number of ether oxygens (including phenoxy) is 1. The number of para-hydroxylation sites is 1. The summed E-state index contributed by atoms with van der Waals surface area (Å²) >= 11 is 1.13. The molecular formula is C27H28N4O3S. The van der Waals surface area contributed by atoms with E-state index in [2.05, 4.69) is 33.5 Å². The molecule has 0 unspecified atom stereocenters. The van der Waals surface area contributed by atoms with Gasteiger partial charge in [0.15, 0.2) is 0 Å². The van der Waals surface area contributed by atoms with Crippen LogP contribution in [-0.2, 0) is 12.0 Å². The molecule has 5 rings (SSSR count). The van der Waals surface area contributed by atoms with Crippen LogP contribution in [0.5, 0.6) is 5.75 Å². The van der Waals surface area contributed by atoms with Crippen LogP contribution in [0.2, 0.25) is 0 Å². The van der Waals surface area contributed by atoms with E-state index in [-0.39, 0.29) is 22.2 Å². The molecule has 2 atom stereocenters. The third-order valence-corrected chi connectivity index (χ3v) is 7.91. The fourth-order valence-corrected chi connectivity index (χ4v) is 5.75. The van der Waals surface area contributed by atoms with Crippen molar-refractivity contribution in [3.63, 3.8) is 0 Å². The Morgan fingerprint density at radius 1 is 1.20 bits per heavy atom. The molecule has 1 fully saturated rings. The van der Waals surface area contributed by atoms with Crippen LogP contribution in [0.1, 0.15) is 59.2 Å². The topological polar surface area (TPSA) is 97.0 Å². The summed E-state index contributed by atoms with van der Waals surface area (Å²) in [6, 6.07) is 17.2. The minimum absolute atomic E-state index is 0.0816. The summed E-state index contributed by atoms with van der Waals surface area (Å²) in [5, 5.41) is 11.8. The standard InChI is InChI=1S/C27H28N4O3S/c1-17-15-19(21-7-3-4-8-22(21)28-17)16-34-20-12-10-18(11-13-20)24(32)29-23-9-5-6-14-27(23,2)25-30-31-26(33)35-25/h3-4,7-8,10-13,15,23H,5-6,9,14,16H2,1-2H3,(H,29,32)(H,31,33)/t23-,27-/m0/s1. The molecular weight excluding hydrogens is 460 g/mol. The van der Waals surface area contributed by atoms with Gasteiger partial charge in [-0.05, 0) is 56.2 Å². The molecule has 1 aliphatic carbocycles. The lowest BCUT2D eigenvalue weighted by atomic mass is 9.72. The van der Waals surface area contributed by atoms with Gasteiger partial charge in [0.05, 0.1) is 5.52 Å². The van der Waals surface area contributed by atoms with Crippen LogP contribution >= 0.6 is 11.3 Å². The number of benzene rings is 2. The summed E-state index contributed by atoms with van der Waals surface area (Å²) in [6.45, 7) is 4.49. The van der Waals surface area contributed by atoms with Crippen LogP contribution in [0.25, 0.3) is 10.9 Å². The molecule has 8 heteroatoms. The van der Waals surface area contributed by atoms with Gasteiger partial charge in [0.1, 0.15) is 17.4 Å². The van der Waals surface area contributed by atoms with E-state index in [1.807, 2.05) is 43.3 Å². The Balaban J connectivity index is 1.27. The summed E-state index contributed by atoms with van der Waals surface area (Å²) in [6.07, 6.45) is 3.83. The largest absolute Gasteiger partial charge is 0.489 e. The second-order valence-electron chi connectivity index (χ2n) is 9.36. The van der Waals surface area contributed by atoms with Crippen LogP contribution < -0.4 is 14.9 Å². The van der Waals surface area contributed by atoms with E-state index in [1.54, 1.807) is 12.1 Å². The number of hydrogen-bond acceptors (Lipinski definition) is 6. The van der Waals surface area contributed by atoms with Crippen molar-refractivity contribution >= 4 is 28.1 Å². The van der Waals surface area contributed by atoms with Crippen molar-refractivity contribution in [3.8, 4) is 5.75 Å². The van der Waals surface area contributed by atoms with E-state index in [1.165, 1.54) is 0 Å². The van der Waals surface area contributed by atoms with Gasteiger partial charge in [0.25, 0.3) is 5.91 Å². The zero-order valence-electron chi connectivity index (χ0n) is 19.8. The first-order valence-electron chi connectivity index (χ1n) is 11.9. The van der Waals surface area contributed by atoms with Gasteiger partial charge in [-0.15, -0.1) is 0 Å². The Morgan fingerprint density at radius 3 is 2.77 bits per heavy atom. The molecule has 0 radical (unpaired) electrons. The van der Waals surface area contributed by atoms with Crippen molar-refractivity contribution in [3.05, 3.63) is 86.1 Å². The first-order chi connectivity index (χ1) is 16.9. The molecule has 2 aromatic heterocycles. The Morgan fingerprint density at radius 2 is 2.00 bits per heavy atom. The lowest BCUT2D eigenvalue weighted by Gasteiger charge is -2.40. The average molecular weight is 489 g/mol. The van der Waals surface area contributed by atoms with Crippen LogP contribution in [0.4, 0.5) is 0 Å². The summed E-state index contributed by atoms with van der Waals surface area (Å²) < 4.78 is 6.03. The monoisotopic (exact) mass is 488 g/mol. The first kappa shape index (κ1) is 23.2. The zero-order valence-corrected chi connectivity index (χ0v) is 20.7. The number of pyridine rings is 1. The summed E-state index contributed by atoms with van der Waals surface area (Å²) in [5.41, 5.74) is 3.20. The van der Waals surface area contributed by atoms with Gasteiger partial charge in [-0.1, -0.05) is 49.3 Å². The highest BCUT2D eigenvalue weighted by molar-refractivity contribution is 7.09. The number of aromatic nitrogens is 3. The number of carbonyl (C=O) groups is 1. The molecule has 7 nitrogen and oxygen atoms in total. The van der Waals surface area contributed by atoms with Crippen LogP contribution in [-0.4, -0.2) is 27.1 Å². The van der Waals surface area contributed by atoms with Crippen molar-refractivity contribution in [1.29, 1.82) is 0 Å². The SMILES string of the molecule is Cc1cc(COc2ccc(C(=O)N[C@H]3CCCC[C@]3(C)c3n[nH]c(=O)s3)cc2)c2ccccc2n1. The number of nitrogens with one attached hydrogen (secondary N) is 2. The number of aromatic amines is 1. The smallest absolute Gasteiger partial charge is 0.322 e. The number of fused-ring (bicyclic) bond motifs is 1. The van der Waals surface area contributed by atoms with Crippen LogP contribution in [0.15, 0.2) is 59.4 Å². The number of carbonyl (C=O) groups excluding carboxylic acids is 1. The molecule has 2 N–H and O–H groups in total. The average Bonchev–Trinajstić information content (AvgIpc) is 3.31. The van der Waals surface area contributed by atoms with E-state index < -0.39 is 0 Å². The molecule has 1 amide bonds. The third-order valence-electron chi connectivity index (χ3n) is 6.88. The van der Waals surface area contributed by atoms with Crippen molar-refractivity contribution in [2.24, 2.45) is 0 Å². The maximum Gasteiger partial charge on any atom is 0.322 e. The maximum absolute atomic E-state index is 13.1. The summed E-state index contributed by atoms with van der Waals surface area (Å²) in [7, 11) is 0. The fourth-order valence-electron chi connectivity index (χ4n) is 4.91. The van der Waals surface area contributed by atoms with Crippen molar-refractivity contribution in [1.82, 2.24) is 20.5 Å². The molecule has 0 spiro atoms. The van der Waals surface area contributed by atoms with Crippen LogP contribution in [0.3, 0.4) is 0 Å².